The molecule has 1 atom stereocenters. The van der Waals surface area contributed by atoms with E-state index in [9.17, 15) is 19.8 Å². The maximum atomic E-state index is 13.1. The molecule has 2 aromatic carbocycles. The fraction of sp³-hybridized carbons (Fsp3) is 0.280. The minimum Gasteiger partial charge on any atom is -0.507 e. The number of phenolic OH excluding ortho intramolecular Hbond substituents is 1. The lowest BCUT2D eigenvalue weighted by molar-refractivity contribution is -0.116. The fourth-order valence-electron chi connectivity index (χ4n) is 3.79. The Kier molecular flexibility index (Phi) is 7.75. The Balaban J connectivity index is 2.01. The first-order valence-electron chi connectivity index (χ1n) is 10.5. The van der Waals surface area contributed by atoms with Crippen LogP contribution in [0.25, 0.3) is 0 Å². The van der Waals surface area contributed by atoms with E-state index in [0.717, 1.165) is 0 Å². The predicted octanol–water partition coefficient (Wildman–Crippen LogP) is 3.55. The van der Waals surface area contributed by atoms with Gasteiger partial charge >= 0.3 is 5.63 Å². The molecule has 0 spiro atoms. The normalized spacial score (nSPS) is 11.5. The van der Waals surface area contributed by atoms with E-state index in [1.807, 2.05) is 0 Å². The van der Waals surface area contributed by atoms with Crippen molar-refractivity contribution in [2.75, 3.05) is 33.8 Å². The molecule has 0 bridgehead atoms. The second-order valence-corrected chi connectivity index (χ2v) is 7.59. The van der Waals surface area contributed by atoms with Crippen LogP contribution >= 0.6 is 0 Å². The topological polar surface area (TPSA) is 137 Å². The number of ether oxygens (including phenoxy) is 4. The van der Waals surface area contributed by atoms with Crippen molar-refractivity contribution in [3.05, 3.63) is 63.7 Å². The van der Waals surface area contributed by atoms with Crippen LogP contribution in [0.1, 0.15) is 29.2 Å². The zero-order valence-corrected chi connectivity index (χ0v) is 20.0. The van der Waals surface area contributed by atoms with Gasteiger partial charge in [-0.1, -0.05) is 6.07 Å². The fourth-order valence-corrected chi connectivity index (χ4v) is 3.79. The summed E-state index contributed by atoms with van der Waals surface area (Å²) >= 11 is 0. The predicted molar refractivity (Wildman–Crippen MR) is 127 cm³/mol. The summed E-state index contributed by atoms with van der Waals surface area (Å²) < 4.78 is 26.2. The number of nitrogens with one attached hydrogen (secondary N) is 1. The molecule has 186 valence electrons. The highest BCUT2D eigenvalue weighted by atomic mass is 16.5. The summed E-state index contributed by atoms with van der Waals surface area (Å²) in [5.41, 5.74) is -0.139. The highest BCUT2D eigenvalue weighted by Crippen LogP contribution is 2.41. The van der Waals surface area contributed by atoms with Crippen LogP contribution < -0.4 is 29.9 Å². The van der Waals surface area contributed by atoms with Gasteiger partial charge in [0.1, 0.15) is 11.5 Å². The molecule has 0 radical (unpaired) electrons. The third-order valence-corrected chi connectivity index (χ3v) is 5.38. The molecule has 0 unspecified atom stereocenters. The molecule has 0 aliphatic rings. The van der Waals surface area contributed by atoms with Crippen molar-refractivity contribution in [3.8, 4) is 34.5 Å². The second kappa shape index (κ2) is 10.7. The van der Waals surface area contributed by atoms with Crippen molar-refractivity contribution in [3.63, 3.8) is 0 Å². The number of rotatable bonds is 9. The number of methoxy groups -OCH3 is 4. The van der Waals surface area contributed by atoms with Crippen molar-refractivity contribution in [1.29, 1.82) is 0 Å². The Morgan fingerprint density at radius 1 is 0.914 bits per heavy atom. The van der Waals surface area contributed by atoms with Crippen LogP contribution in [0.4, 0.5) is 5.69 Å². The van der Waals surface area contributed by atoms with E-state index in [0.29, 0.717) is 28.5 Å². The van der Waals surface area contributed by atoms with Gasteiger partial charge in [0.25, 0.3) is 0 Å². The van der Waals surface area contributed by atoms with Gasteiger partial charge in [-0.15, -0.1) is 0 Å². The lowest BCUT2D eigenvalue weighted by Crippen LogP contribution is -2.21. The van der Waals surface area contributed by atoms with E-state index in [4.69, 9.17) is 23.4 Å². The van der Waals surface area contributed by atoms with Crippen molar-refractivity contribution < 1.29 is 38.4 Å². The molecule has 10 nitrogen and oxygen atoms in total. The zero-order chi connectivity index (χ0) is 25.7. The standard InChI is InChI=1S/C25H27NO9/c1-13-8-18(28)23(25(30)35-13)16(14-6-7-19(31-2)17(27)9-14)12-22(29)26-15-10-20(32-3)24(34-5)21(11-15)33-4/h6-11,16,27-28H,12H2,1-5H3,(H,26,29)/t16-/m1/s1. The third-order valence-electron chi connectivity index (χ3n) is 5.38. The van der Waals surface area contributed by atoms with Gasteiger partial charge in [0.05, 0.1) is 34.0 Å². The van der Waals surface area contributed by atoms with Gasteiger partial charge in [-0.3, -0.25) is 4.79 Å². The smallest absolute Gasteiger partial charge is 0.343 e. The number of anilines is 1. The SMILES string of the molecule is COc1ccc([C@@H](CC(=O)Nc2cc(OC)c(OC)c(OC)c2)c2c(O)cc(C)oc2=O)cc1O. The van der Waals surface area contributed by atoms with Gasteiger partial charge in [0.15, 0.2) is 23.0 Å². The number of benzene rings is 2. The number of carbonyl (C=O) groups is 1. The van der Waals surface area contributed by atoms with Gasteiger partial charge in [-0.05, 0) is 24.6 Å². The van der Waals surface area contributed by atoms with Gasteiger partial charge in [0, 0.05) is 36.2 Å². The summed E-state index contributed by atoms with van der Waals surface area (Å²) in [6, 6.07) is 8.88. The molecule has 3 rings (SSSR count). The van der Waals surface area contributed by atoms with E-state index in [2.05, 4.69) is 5.32 Å². The largest absolute Gasteiger partial charge is 0.507 e. The Morgan fingerprint density at radius 3 is 2.06 bits per heavy atom. The van der Waals surface area contributed by atoms with Crippen LogP contribution in [0, 0.1) is 6.92 Å². The molecule has 3 aromatic rings. The first-order chi connectivity index (χ1) is 16.7. The highest BCUT2D eigenvalue weighted by molar-refractivity contribution is 5.92. The minimum absolute atomic E-state index is 0.111. The Labute approximate surface area is 201 Å². The number of amides is 1. The Hall–Kier alpha value is -4.34. The molecule has 0 aliphatic heterocycles. The Bertz CT molecular complexity index is 1260. The number of aromatic hydroxyl groups is 2. The molecule has 1 aromatic heterocycles. The van der Waals surface area contributed by atoms with Crippen LogP contribution in [0.2, 0.25) is 0 Å². The molecule has 0 fully saturated rings. The lowest BCUT2D eigenvalue weighted by atomic mass is 9.88. The maximum absolute atomic E-state index is 13.1. The van der Waals surface area contributed by atoms with Crippen LogP contribution in [-0.4, -0.2) is 44.6 Å². The minimum atomic E-state index is -0.939. The van der Waals surface area contributed by atoms with E-state index in [1.165, 1.54) is 53.6 Å². The zero-order valence-electron chi connectivity index (χ0n) is 20.0. The van der Waals surface area contributed by atoms with E-state index >= 15 is 0 Å². The highest BCUT2D eigenvalue weighted by Gasteiger charge is 2.27. The van der Waals surface area contributed by atoms with E-state index in [-0.39, 0.29) is 35.0 Å². The van der Waals surface area contributed by atoms with Crippen molar-refractivity contribution in [1.82, 2.24) is 0 Å². The van der Waals surface area contributed by atoms with Crippen molar-refractivity contribution in [2.45, 2.75) is 19.3 Å². The van der Waals surface area contributed by atoms with Crippen LogP contribution in [0.3, 0.4) is 0 Å². The van der Waals surface area contributed by atoms with Crippen molar-refractivity contribution >= 4 is 11.6 Å². The van der Waals surface area contributed by atoms with Crippen LogP contribution in [0.15, 0.2) is 45.6 Å². The average Bonchev–Trinajstić information content (AvgIpc) is 2.81. The summed E-state index contributed by atoms with van der Waals surface area (Å²) in [4.78, 5) is 25.8. The van der Waals surface area contributed by atoms with Gasteiger partial charge in [-0.25, -0.2) is 4.79 Å². The monoisotopic (exact) mass is 485 g/mol. The molecular weight excluding hydrogens is 458 g/mol. The Morgan fingerprint density at radius 2 is 1.54 bits per heavy atom. The number of hydrogen-bond donors (Lipinski definition) is 3. The number of hydrogen-bond acceptors (Lipinski definition) is 9. The molecule has 1 heterocycles. The maximum Gasteiger partial charge on any atom is 0.343 e. The number of carbonyl (C=O) groups excluding carboxylic acids is 1. The molecule has 0 saturated heterocycles. The molecule has 3 N–H and O–H groups in total. The molecule has 0 aliphatic carbocycles. The molecule has 35 heavy (non-hydrogen) atoms. The van der Waals surface area contributed by atoms with E-state index < -0.39 is 17.5 Å². The second-order valence-electron chi connectivity index (χ2n) is 7.59. The quantitative estimate of drug-likeness (QED) is 0.415. The molecule has 0 saturated carbocycles. The summed E-state index contributed by atoms with van der Waals surface area (Å²) in [5, 5.41) is 23.6. The molecule has 1 amide bonds. The van der Waals surface area contributed by atoms with Crippen LogP contribution in [-0.2, 0) is 4.79 Å². The van der Waals surface area contributed by atoms with Gasteiger partial charge in [0.2, 0.25) is 11.7 Å². The summed E-state index contributed by atoms with van der Waals surface area (Å²) in [6.07, 6.45) is -0.260. The summed E-state index contributed by atoms with van der Waals surface area (Å²) in [5.74, 6) is -0.447. The van der Waals surface area contributed by atoms with E-state index in [1.54, 1.807) is 18.2 Å². The number of phenols is 1. The first kappa shape index (κ1) is 25.3. The third kappa shape index (κ3) is 5.43. The lowest BCUT2D eigenvalue weighted by Gasteiger charge is -2.19. The average molecular weight is 485 g/mol. The summed E-state index contributed by atoms with van der Waals surface area (Å²) in [7, 11) is 5.77. The molecular formula is C25H27NO9. The van der Waals surface area contributed by atoms with Crippen molar-refractivity contribution in [2.24, 2.45) is 0 Å². The summed E-state index contributed by atoms with van der Waals surface area (Å²) in [6.45, 7) is 1.52. The molecule has 10 heteroatoms. The first-order valence-corrected chi connectivity index (χ1v) is 10.5. The van der Waals surface area contributed by atoms with Gasteiger partial charge < -0.3 is 38.9 Å². The van der Waals surface area contributed by atoms with Gasteiger partial charge in [-0.2, -0.15) is 0 Å². The van der Waals surface area contributed by atoms with Crippen LogP contribution in [0.5, 0.6) is 34.5 Å². The number of aryl methyl sites for hydroxylation is 1.